The molecule has 0 bridgehead atoms. The third kappa shape index (κ3) is 3.63. The minimum absolute atomic E-state index is 0.322. The van der Waals surface area contributed by atoms with Gasteiger partial charge in [-0.05, 0) is 32.1 Å². The number of nitrogens with zero attached hydrogens (tertiary/aromatic N) is 2. The van der Waals surface area contributed by atoms with Gasteiger partial charge in [-0.25, -0.2) is 9.36 Å². The largest absolute Gasteiger partial charge is 0.494 e. The van der Waals surface area contributed by atoms with E-state index in [1.807, 2.05) is 0 Å². The zero-order valence-electron chi connectivity index (χ0n) is 14.7. The Labute approximate surface area is 168 Å². The lowest BCUT2D eigenvalue weighted by atomic mass is 9.92. The van der Waals surface area contributed by atoms with E-state index in [4.69, 9.17) is 5.11 Å². The Balaban J connectivity index is 2.18. The molecule has 0 unspecified atom stereocenters. The van der Waals surface area contributed by atoms with E-state index in [-0.39, 0.29) is 6.04 Å². The van der Waals surface area contributed by atoms with E-state index in [1.165, 1.54) is 0 Å². The highest BCUT2D eigenvalue weighted by Gasteiger charge is 2.42. The molecule has 1 aromatic heterocycles. The second-order valence-corrected chi connectivity index (χ2v) is 9.14. The molecule has 2 aliphatic rings. The molecule has 0 atom stereocenters. The summed E-state index contributed by atoms with van der Waals surface area (Å²) in [5.74, 6) is -2.94. The number of carbonyl (C=O) groups excluding carboxylic acids is 1. The fraction of sp³-hybridized carbons (Fsp3) is 0.647. The number of carbonyl (C=O) groups is 2. The molecule has 0 saturated heterocycles. The van der Waals surface area contributed by atoms with Crippen LogP contribution in [0.2, 0.25) is 0 Å². The van der Waals surface area contributed by atoms with Crippen molar-refractivity contribution in [3.63, 3.8) is 0 Å². The SMILES string of the molecule is O=C(O)CNC(=O)c1c(O)n(C2(I)CCC2)c(=O)n(C2CCCCC2)c1=O. The van der Waals surface area contributed by atoms with Crippen LogP contribution in [-0.2, 0) is 8.34 Å². The number of halogens is 1. The maximum absolute atomic E-state index is 13.1. The number of alkyl halides is 1. The van der Waals surface area contributed by atoms with Crippen LogP contribution in [0.3, 0.4) is 0 Å². The van der Waals surface area contributed by atoms with Gasteiger partial charge in [-0.3, -0.25) is 19.0 Å². The van der Waals surface area contributed by atoms with Crippen LogP contribution in [-0.4, -0.2) is 37.8 Å². The van der Waals surface area contributed by atoms with Crippen molar-refractivity contribution in [1.82, 2.24) is 14.5 Å². The first-order valence-corrected chi connectivity index (χ1v) is 10.1. The van der Waals surface area contributed by atoms with Gasteiger partial charge < -0.3 is 15.5 Å². The number of aliphatic carboxylic acids is 1. The number of hydrogen-bond acceptors (Lipinski definition) is 5. The van der Waals surface area contributed by atoms with Crippen molar-refractivity contribution >= 4 is 34.5 Å². The summed E-state index contributed by atoms with van der Waals surface area (Å²) < 4.78 is 1.54. The maximum Gasteiger partial charge on any atom is 0.335 e. The minimum Gasteiger partial charge on any atom is -0.494 e. The third-order valence-corrected chi connectivity index (χ3v) is 6.91. The standard InChI is InChI=1S/C17H22IN3O6/c18-17(7-4-8-17)21-15(26)12(13(24)19-9-11(22)23)14(25)20(16(21)27)10-5-2-1-3-6-10/h10,26H,1-9H2,(H,19,24)(H,22,23). The zero-order chi connectivity index (χ0) is 19.8. The summed E-state index contributed by atoms with van der Waals surface area (Å²) in [4.78, 5) is 49.3. The number of aromatic hydroxyl groups is 1. The Kier molecular flexibility index (Phi) is 5.63. The van der Waals surface area contributed by atoms with Gasteiger partial charge in [-0.2, -0.15) is 0 Å². The molecule has 1 aromatic rings. The van der Waals surface area contributed by atoms with Crippen LogP contribution in [0.15, 0.2) is 9.59 Å². The summed E-state index contributed by atoms with van der Waals surface area (Å²) in [6.45, 7) is -0.685. The maximum atomic E-state index is 13.1. The summed E-state index contributed by atoms with van der Waals surface area (Å²) in [5.41, 5.74) is -2.03. The fourth-order valence-corrected chi connectivity index (χ4v) is 4.97. The van der Waals surface area contributed by atoms with Gasteiger partial charge >= 0.3 is 11.7 Å². The van der Waals surface area contributed by atoms with Crippen molar-refractivity contribution in [1.29, 1.82) is 0 Å². The molecule has 2 fully saturated rings. The number of amides is 1. The summed E-state index contributed by atoms with van der Waals surface area (Å²) in [6.07, 6.45) is 6.26. The molecule has 3 N–H and O–H groups in total. The van der Waals surface area contributed by atoms with Crippen molar-refractivity contribution < 1.29 is 19.8 Å². The van der Waals surface area contributed by atoms with E-state index in [2.05, 4.69) is 27.9 Å². The molecule has 148 valence electrons. The Morgan fingerprint density at radius 2 is 1.78 bits per heavy atom. The first-order valence-electron chi connectivity index (χ1n) is 9.06. The molecule has 1 heterocycles. The molecule has 0 radical (unpaired) electrons. The minimum atomic E-state index is -1.27. The molecule has 27 heavy (non-hydrogen) atoms. The third-order valence-electron chi connectivity index (χ3n) is 5.35. The van der Waals surface area contributed by atoms with Crippen LogP contribution in [0.4, 0.5) is 0 Å². The Morgan fingerprint density at radius 1 is 1.15 bits per heavy atom. The van der Waals surface area contributed by atoms with Gasteiger partial charge in [0.1, 0.15) is 10.1 Å². The van der Waals surface area contributed by atoms with Gasteiger partial charge in [-0.1, -0.05) is 41.9 Å². The molecule has 2 saturated carbocycles. The number of carboxylic acid groups (broad SMARTS) is 1. The van der Waals surface area contributed by atoms with Crippen LogP contribution in [0.1, 0.15) is 67.8 Å². The molecule has 10 heteroatoms. The van der Waals surface area contributed by atoms with E-state index in [9.17, 15) is 24.3 Å². The second-order valence-electron chi connectivity index (χ2n) is 7.13. The molecule has 9 nitrogen and oxygen atoms in total. The van der Waals surface area contributed by atoms with Gasteiger partial charge in [0.05, 0.1) is 0 Å². The van der Waals surface area contributed by atoms with Crippen molar-refractivity contribution in [3.8, 4) is 5.88 Å². The second kappa shape index (κ2) is 7.64. The number of aromatic nitrogens is 2. The quantitative estimate of drug-likeness (QED) is 0.421. The predicted octanol–water partition coefficient (Wildman–Crippen LogP) is 1.31. The van der Waals surface area contributed by atoms with Gasteiger partial charge in [0.15, 0.2) is 5.56 Å². The lowest BCUT2D eigenvalue weighted by Crippen LogP contribution is -2.52. The van der Waals surface area contributed by atoms with Gasteiger partial charge in [-0.15, -0.1) is 0 Å². The van der Waals surface area contributed by atoms with E-state index in [0.717, 1.165) is 34.8 Å². The average molecular weight is 491 g/mol. The van der Waals surface area contributed by atoms with Crippen LogP contribution < -0.4 is 16.6 Å². The van der Waals surface area contributed by atoms with Crippen molar-refractivity contribution in [2.24, 2.45) is 0 Å². The highest BCUT2D eigenvalue weighted by atomic mass is 127. The van der Waals surface area contributed by atoms with E-state index in [0.29, 0.717) is 25.7 Å². The zero-order valence-corrected chi connectivity index (χ0v) is 16.9. The first-order chi connectivity index (χ1) is 12.8. The first kappa shape index (κ1) is 19.9. The average Bonchev–Trinajstić information content (AvgIpc) is 2.59. The highest BCUT2D eigenvalue weighted by Crippen LogP contribution is 2.46. The van der Waals surface area contributed by atoms with Crippen molar-refractivity contribution in [3.05, 3.63) is 26.4 Å². The summed E-state index contributed by atoms with van der Waals surface area (Å²) in [7, 11) is 0. The van der Waals surface area contributed by atoms with Crippen LogP contribution in [0.25, 0.3) is 0 Å². The molecule has 1 amide bonds. The molecular weight excluding hydrogens is 469 g/mol. The Bertz CT molecular complexity index is 880. The molecule has 3 rings (SSSR count). The molecule has 0 aromatic carbocycles. The van der Waals surface area contributed by atoms with E-state index in [1.54, 1.807) is 0 Å². The summed E-state index contributed by atoms with van der Waals surface area (Å²) >= 11 is 2.08. The number of rotatable bonds is 5. The summed E-state index contributed by atoms with van der Waals surface area (Å²) in [6, 6.07) is -0.322. The molecule has 0 aliphatic heterocycles. The van der Waals surface area contributed by atoms with Crippen LogP contribution in [0.5, 0.6) is 5.88 Å². The Hall–Kier alpha value is -1.85. The van der Waals surface area contributed by atoms with Gasteiger partial charge in [0, 0.05) is 6.04 Å². The topological polar surface area (TPSA) is 131 Å². The molecule has 0 spiro atoms. The monoisotopic (exact) mass is 491 g/mol. The number of hydrogen-bond donors (Lipinski definition) is 3. The van der Waals surface area contributed by atoms with Gasteiger partial charge in [0.2, 0.25) is 5.88 Å². The van der Waals surface area contributed by atoms with E-state index >= 15 is 0 Å². The van der Waals surface area contributed by atoms with Crippen molar-refractivity contribution in [2.45, 2.75) is 61.0 Å². The van der Waals surface area contributed by atoms with Gasteiger partial charge in [0.25, 0.3) is 11.5 Å². The van der Waals surface area contributed by atoms with Crippen LogP contribution in [0, 0.1) is 0 Å². The summed E-state index contributed by atoms with van der Waals surface area (Å²) in [5, 5.41) is 21.5. The lowest BCUT2D eigenvalue weighted by Gasteiger charge is -2.39. The smallest absolute Gasteiger partial charge is 0.335 e. The van der Waals surface area contributed by atoms with E-state index < -0.39 is 44.7 Å². The molecule has 2 aliphatic carbocycles. The van der Waals surface area contributed by atoms with Crippen molar-refractivity contribution in [2.75, 3.05) is 6.54 Å². The number of nitrogens with one attached hydrogen (secondary N) is 1. The predicted molar refractivity (Wildman–Crippen MR) is 105 cm³/mol. The molecular formula is C17H22IN3O6. The number of carboxylic acids is 1. The highest BCUT2D eigenvalue weighted by molar-refractivity contribution is 14.1. The lowest BCUT2D eigenvalue weighted by molar-refractivity contribution is -0.135. The van der Waals surface area contributed by atoms with Crippen LogP contribution >= 0.6 is 22.6 Å². The fourth-order valence-electron chi connectivity index (χ4n) is 3.77. The Morgan fingerprint density at radius 3 is 2.30 bits per heavy atom. The normalized spacial score (nSPS) is 19.3.